The molecule has 0 amide bonds. The van der Waals surface area contributed by atoms with Crippen LogP contribution in [0.2, 0.25) is 0 Å². The number of anilines is 2. The van der Waals surface area contributed by atoms with E-state index >= 15 is 0 Å². The van der Waals surface area contributed by atoms with Crippen molar-refractivity contribution in [2.75, 3.05) is 16.8 Å². The number of carbonyl (C=O) groups is 1. The number of hydrogen-bond donors (Lipinski definition) is 3. The van der Waals surface area contributed by atoms with Gasteiger partial charge in [0.15, 0.2) is 0 Å². The molecule has 0 spiro atoms. The minimum absolute atomic E-state index is 0.0180. The highest BCUT2D eigenvalue weighted by Crippen LogP contribution is 2.34. The largest absolute Gasteiger partial charge is 0.477 e. The Hall–Kier alpha value is -3.87. The third-order valence-corrected chi connectivity index (χ3v) is 5.66. The van der Waals surface area contributed by atoms with E-state index in [1.54, 1.807) is 6.08 Å². The number of benzene rings is 2. The lowest BCUT2D eigenvalue weighted by molar-refractivity contribution is -0.132. The number of aromatic nitrogens is 2. The molecular weight excluding hydrogens is 380 g/mol. The van der Waals surface area contributed by atoms with E-state index in [1.165, 1.54) is 11.1 Å². The van der Waals surface area contributed by atoms with E-state index in [2.05, 4.69) is 27.4 Å². The van der Waals surface area contributed by atoms with Gasteiger partial charge in [0.1, 0.15) is 11.5 Å². The van der Waals surface area contributed by atoms with E-state index in [1.807, 2.05) is 47.4 Å². The molecule has 0 fully saturated rings. The predicted octanol–water partition coefficient (Wildman–Crippen LogP) is 2.86. The summed E-state index contributed by atoms with van der Waals surface area (Å²) in [4.78, 5) is 34.4. The number of rotatable bonds is 3. The van der Waals surface area contributed by atoms with Crippen LogP contribution < -0.4 is 15.8 Å². The molecule has 0 saturated heterocycles. The maximum Gasteiger partial charge on any atom is 0.352 e. The van der Waals surface area contributed by atoms with Crippen LogP contribution in [0.15, 0.2) is 71.2 Å². The third kappa shape index (κ3) is 3.14. The number of nitrogens with one attached hydrogen (secondary N) is 2. The van der Waals surface area contributed by atoms with Crippen molar-refractivity contribution < 1.29 is 9.90 Å². The lowest BCUT2D eigenvalue weighted by Gasteiger charge is -2.30. The number of aliphatic carboxylic acids is 1. The van der Waals surface area contributed by atoms with Gasteiger partial charge in [0.2, 0.25) is 5.95 Å². The van der Waals surface area contributed by atoms with Crippen molar-refractivity contribution in [1.29, 1.82) is 0 Å². The van der Waals surface area contributed by atoms with E-state index in [9.17, 15) is 14.7 Å². The van der Waals surface area contributed by atoms with Crippen molar-refractivity contribution in [2.45, 2.75) is 18.9 Å². The zero-order chi connectivity index (χ0) is 20.7. The lowest BCUT2D eigenvalue weighted by Crippen LogP contribution is -2.35. The molecule has 2 aliphatic rings. The van der Waals surface area contributed by atoms with Crippen LogP contribution >= 0.6 is 0 Å². The Kier molecular flexibility index (Phi) is 4.35. The normalized spacial score (nSPS) is 17.4. The van der Waals surface area contributed by atoms with Crippen LogP contribution in [-0.4, -0.2) is 27.6 Å². The van der Waals surface area contributed by atoms with Gasteiger partial charge in [0.05, 0.1) is 5.56 Å². The summed E-state index contributed by atoms with van der Waals surface area (Å²) in [6.45, 7) is 1.37. The van der Waals surface area contributed by atoms with Gasteiger partial charge < -0.3 is 15.3 Å². The zero-order valence-corrected chi connectivity index (χ0v) is 16.1. The van der Waals surface area contributed by atoms with Crippen molar-refractivity contribution in [3.63, 3.8) is 0 Å². The smallest absolute Gasteiger partial charge is 0.352 e. The van der Waals surface area contributed by atoms with Crippen LogP contribution in [0, 0.1) is 0 Å². The number of nitrogens with zero attached hydrogens (tertiary/aromatic N) is 2. The summed E-state index contributed by atoms with van der Waals surface area (Å²) >= 11 is 0. The van der Waals surface area contributed by atoms with Gasteiger partial charge in [-0.05, 0) is 29.2 Å². The van der Waals surface area contributed by atoms with Crippen LogP contribution in [0.3, 0.4) is 0 Å². The van der Waals surface area contributed by atoms with E-state index in [-0.39, 0.29) is 11.3 Å². The summed E-state index contributed by atoms with van der Waals surface area (Å²) in [5.74, 6) is -0.835. The van der Waals surface area contributed by atoms with Crippen LogP contribution in [0.1, 0.15) is 28.2 Å². The van der Waals surface area contributed by atoms with Gasteiger partial charge in [-0.2, -0.15) is 4.98 Å². The van der Waals surface area contributed by atoms with E-state index < -0.39 is 11.9 Å². The van der Waals surface area contributed by atoms with Crippen molar-refractivity contribution in [3.05, 3.63) is 99.0 Å². The maximum atomic E-state index is 13.1. The Bertz CT molecular complexity index is 1220. The van der Waals surface area contributed by atoms with Crippen molar-refractivity contribution >= 4 is 17.7 Å². The first-order chi connectivity index (χ1) is 14.6. The molecule has 1 atom stereocenters. The number of aromatic amines is 1. The van der Waals surface area contributed by atoms with Crippen molar-refractivity contribution in [3.8, 4) is 0 Å². The number of carboxylic acid groups (broad SMARTS) is 1. The first-order valence-corrected chi connectivity index (χ1v) is 9.83. The average Bonchev–Trinajstić information content (AvgIpc) is 2.78. The molecule has 1 aromatic heterocycles. The van der Waals surface area contributed by atoms with Gasteiger partial charge in [-0.25, -0.2) is 4.79 Å². The van der Waals surface area contributed by atoms with Crippen molar-refractivity contribution in [2.24, 2.45) is 0 Å². The summed E-state index contributed by atoms with van der Waals surface area (Å²) in [6, 6.07) is 17.6. The Labute approximate surface area is 172 Å². The summed E-state index contributed by atoms with van der Waals surface area (Å²) in [5.41, 5.74) is 3.51. The maximum absolute atomic E-state index is 13.1. The Morgan fingerprint density at radius 2 is 1.80 bits per heavy atom. The summed E-state index contributed by atoms with van der Waals surface area (Å²) < 4.78 is 0. The van der Waals surface area contributed by atoms with Crippen LogP contribution in [0.25, 0.3) is 0 Å². The standard InChI is InChI=1S/C23H20N4O3/c28-21-19-17(15-7-2-1-3-8-15)12-18(22(29)30)24-20(19)25-23(26-21)27-11-10-14-6-4-5-9-16(14)13-27/h1-9,12,17H,10-11,13H2,(H,29,30)(H2,24,25,26,28)/t17-/m0/s1. The molecule has 2 aromatic carbocycles. The van der Waals surface area contributed by atoms with Crippen molar-refractivity contribution in [1.82, 2.24) is 9.97 Å². The van der Waals surface area contributed by atoms with Gasteiger partial charge in [0, 0.05) is 19.0 Å². The molecule has 3 N–H and O–H groups in total. The third-order valence-electron chi connectivity index (χ3n) is 5.66. The molecule has 0 unspecified atom stereocenters. The second kappa shape index (κ2) is 7.18. The molecule has 3 aromatic rings. The fraction of sp³-hybridized carbons (Fsp3) is 0.174. The van der Waals surface area contributed by atoms with E-state index in [0.717, 1.165) is 18.5 Å². The van der Waals surface area contributed by atoms with E-state index in [0.29, 0.717) is 23.9 Å². The molecule has 30 heavy (non-hydrogen) atoms. The molecule has 2 aliphatic heterocycles. The molecule has 0 aliphatic carbocycles. The highest BCUT2D eigenvalue weighted by molar-refractivity contribution is 5.91. The van der Waals surface area contributed by atoms with Crippen LogP contribution in [-0.2, 0) is 17.8 Å². The number of fused-ring (bicyclic) bond motifs is 2. The second-order valence-corrected chi connectivity index (χ2v) is 7.49. The molecule has 7 heteroatoms. The molecule has 5 rings (SSSR count). The molecule has 150 valence electrons. The minimum atomic E-state index is -1.09. The summed E-state index contributed by atoms with van der Waals surface area (Å²) in [5, 5.41) is 12.4. The minimum Gasteiger partial charge on any atom is -0.477 e. The summed E-state index contributed by atoms with van der Waals surface area (Å²) in [6.07, 6.45) is 2.42. The number of allylic oxidation sites excluding steroid dienone is 1. The number of H-pyrrole nitrogens is 1. The predicted molar refractivity (Wildman–Crippen MR) is 114 cm³/mol. The fourth-order valence-electron chi connectivity index (χ4n) is 4.15. The topological polar surface area (TPSA) is 98.3 Å². The van der Waals surface area contributed by atoms with Gasteiger partial charge in [-0.3, -0.25) is 9.78 Å². The molecule has 3 heterocycles. The zero-order valence-electron chi connectivity index (χ0n) is 16.1. The molecule has 0 bridgehead atoms. The molecule has 0 radical (unpaired) electrons. The second-order valence-electron chi connectivity index (χ2n) is 7.49. The van der Waals surface area contributed by atoms with Gasteiger partial charge in [-0.1, -0.05) is 54.6 Å². The molecular formula is C23H20N4O3. The number of hydrogen-bond acceptors (Lipinski definition) is 5. The highest BCUT2D eigenvalue weighted by atomic mass is 16.4. The molecule has 0 saturated carbocycles. The lowest BCUT2D eigenvalue weighted by atomic mass is 9.89. The Balaban J connectivity index is 1.57. The monoisotopic (exact) mass is 400 g/mol. The van der Waals surface area contributed by atoms with Gasteiger partial charge in [0.25, 0.3) is 5.56 Å². The SMILES string of the molecule is O=C(O)C1=C[C@@H](c2ccccc2)c2c(nc(N3CCc4ccccc4C3)[nH]c2=O)N1. The van der Waals surface area contributed by atoms with Crippen LogP contribution in [0.4, 0.5) is 11.8 Å². The van der Waals surface area contributed by atoms with Crippen LogP contribution in [0.5, 0.6) is 0 Å². The Morgan fingerprint density at radius 3 is 2.57 bits per heavy atom. The van der Waals surface area contributed by atoms with Gasteiger partial charge >= 0.3 is 5.97 Å². The fourth-order valence-corrected chi connectivity index (χ4v) is 4.15. The molecule has 7 nitrogen and oxygen atoms in total. The first kappa shape index (κ1) is 18.2. The Morgan fingerprint density at radius 1 is 1.07 bits per heavy atom. The summed E-state index contributed by atoms with van der Waals surface area (Å²) in [7, 11) is 0. The first-order valence-electron chi connectivity index (χ1n) is 9.83. The number of carboxylic acids is 1. The van der Waals surface area contributed by atoms with E-state index in [4.69, 9.17) is 0 Å². The quantitative estimate of drug-likeness (QED) is 0.625. The average molecular weight is 400 g/mol. The van der Waals surface area contributed by atoms with Gasteiger partial charge in [-0.15, -0.1) is 0 Å². The highest BCUT2D eigenvalue weighted by Gasteiger charge is 2.30.